The van der Waals surface area contributed by atoms with E-state index in [1.165, 1.54) is 5.56 Å². The number of methoxy groups -OCH3 is 1. The number of carbonyl (C=O) groups is 1. The molecule has 2 aromatic carbocycles. The topological polar surface area (TPSA) is 55.8 Å². The second-order valence-electron chi connectivity index (χ2n) is 6.08. The highest BCUT2D eigenvalue weighted by Crippen LogP contribution is 2.20. The van der Waals surface area contributed by atoms with Crippen LogP contribution < -0.4 is 9.47 Å². The summed E-state index contributed by atoms with van der Waals surface area (Å²) in [5, 5.41) is 8.81. The number of aryl methyl sites for hydroxylation is 2. The highest BCUT2D eigenvalue weighted by atomic mass is 16.5. The van der Waals surface area contributed by atoms with Gasteiger partial charge < -0.3 is 14.6 Å². The first kappa shape index (κ1) is 19.6. The van der Waals surface area contributed by atoms with E-state index in [4.69, 9.17) is 14.6 Å². The fourth-order valence-electron chi connectivity index (χ4n) is 2.64. The molecule has 0 aliphatic carbocycles. The molecule has 2 aromatic rings. The molecule has 0 unspecified atom stereocenters. The van der Waals surface area contributed by atoms with E-state index in [9.17, 15) is 4.79 Å². The number of hydrogen-bond acceptors (Lipinski definition) is 3. The Labute approximate surface area is 155 Å². The third-order valence-corrected chi connectivity index (χ3v) is 4.12. The first-order valence-electron chi connectivity index (χ1n) is 8.93. The zero-order valence-corrected chi connectivity index (χ0v) is 15.2. The molecule has 4 heteroatoms. The lowest BCUT2D eigenvalue weighted by atomic mass is 10.1. The Hall–Kier alpha value is -2.75. The van der Waals surface area contributed by atoms with Crippen LogP contribution in [0.1, 0.15) is 36.8 Å². The Morgan fingerprint density at radius 2 is 1.81 bits per heavy atom. The van der Waals surface area contributed by atoms with Crippen LogP contribution in [-0.4, -0.2) is 18.2 Å². The molecular weight excluding hydrogens is 328 g/mol. The Morgan fingerprint density at radius 3 is 2.54 bits per heavy atom. The van der Waals surface area contributed by atoms with E-state index in [1.54, 1.807) is 13.4 Å². The number of rotatable bonds is 11. The second-order valence-corrected chi connectivity index (χ2v) is 6.08. The number of hydrogen-bond donors (Lipinski definition) is 1. The van der Waals surface area contributed by atoms with Crippen LogP contribution in [0.3, 0.4) is 0 Å². The molecule has 0 bridgehead atoms. The summed E-state index contributed by atoms with van der Waals surface area (Å²) in [4.78, 5) is 10.7. The van der Waals surface area contributed by atoms with Gasteiger partial charge in [-0.15, -0.1) is 0 Å². The van der Waals surface area contributed by atoms with Crippen LogP contribution in [0.2, 0.25) is 0 Å². The van der Waals surface area contributed by atoms with E-state index in [2.05, 4.69) is 12.1 Å². The SMILES string of the molecule is COc1ccc(CCCCC=COc2ccccc2CCC(=O)O)cc1. The number of ether oxygens (including phenoxy) is 2. The van der Waals surface area contributed by atoms with Gasteiger partial charge in [-0.1, -0.05) is 30.3 Å². The van der Waals surface area contributed by atoms with E-state index in [1.807, 2.05) is 42.5 Å². The van der Waals surface area contributed by atoms with Gasteiger partial charge in [-0.2, -0.15) is 0 Å². The maximum Gasteiger partial charge on any atom is 0.303 e. The summed E-state index contributed by atoms with van der Waals surface area (Å²) in [7, 11) is 1.67. The molecule has 1 N–H and O–H groups in total. The third-order valence-electron chi connectivity index (χ3n) is 4.12. The standard InChI is InChI=1S/C22H26O4/c1-25-20-14-11-18(12-15-20)8-4-2-3-7-17-26-21-10-6-5-9-19(21)13-16-22(23)24/h5-7,9-12,14-15,17H,2-4,8,13,16H2,1H3,(H,23,24). The van der Waals surface area contributed by atoms with Crippen LogP contribution in [0.25, 0.3) is 0 Å². The number of unbranched alkanes of at least 4 members (excludes halogenated alkanes) is 2. The molecular formula is C22H26O4. The number of allylic oxidation sites excluding steroid dienone is 1. The second kappa shape index (κ2) is 11.0. The first-order chi connectivity index (χ1) is 12.7. The van der Waals surface area contributed by atoms with Gasteiger partial charge in [0.1, 0.15) is 11.5 Å². The molecule has 0 radical (unpaired) electrons. The summed E-state index contributed by atoms with van der Waals surface area (Å²) in [6.07, 6.45) is 8.51. The highest BCUT2D eigenvalue weighted by molar-refractivity contribution is 5.67. The molecule has 0 spiro atoms. The number of carboxylic acid groups (broad SMARTS) is 1. The quantitative estimate of drug-likeness (QED) is 0.455. The van der Waals surface area contributed by atoms with Gasteiger partial charge in [0, 0.05) is 6.42 Å². The number of aliphatic carboxylic acids is 1. The van der Waals surface area contributed by atoms with E-state index < -0.39 is 5.97 Å². The van der Waals surface area contributed by atoms with Crippen LogP contribution >= 0.6 is 0 Å². The summed E-state index contributed by atoms with van der Waals surface area (Å²) in [5.41, 5.74) is 2.23. The van der Waals surface area contributed by atoms with Crippen molar-refractivity contribution in [1.82, 2.24) is 0 Å². The smallest absolute Gasteiger partial charge is 0.303 e. The molecule has 0 atom stereocenters. The summed E-state index contributed by atoms with van der Waals surface area (Å²) in [6.45, 7) is 0. The lowest BCUT2D eigenvalue weighted by molar-refractivity contribution is -0.136. The highest BCUT2D eigenvalue weighted by Gasteiger charge is 2.04. The van der Waals surface area contributed by atoms with Crippen LogP contribution in [0.15, 0.2) is 60.9 Å². The van der Waals surface area contributed by atoms with Gasteiger partial charge in [-0.25, -0.2) is 0 Å². The molecule has 0 heterocycles. The van der Waals surface area contributed by atoms with Gasteiger partial charge in [0.25, 0.3) is 0 Å². The monoisotopic (exact) mass is 354 g/mol. The molecule has 0 aliphatic heterocycles. The van der Waals surface area contributed by atoms with Gasteiger partial charge in [-0.3, -0.25) is 4.79 Å². The Bertz CT molecular complexity index is 704. The number of carboxylic acids is 1. The summed E-state index contributed by atoms with van der Waals surface area (Å²) in [5.74, 6) is 0.813. The predicted molar refractivity (Wildman–Crippen MR) is 103 cm³/mol. The van der Waals surface area contributed by atoms with Gasteiger partial charge in [0.05, 0.1) is 13.4 Å². The maximum absolute atomic E-state index is 10.7. The molecule has 0 aliphatic rings. The van der Waals surface area contributed by atoms with Crippen molar-refractivity contribution >= 4 is 5.97 Å². The minimum Gasteiger partial charge on any atom is -0.497 e. The fraction of sp³-hybridized carbons (Fsp3) is 0.318. The normalized spacial score (nSPS) is 10.8. The minimum atomic E-state index is -0.799. The molecule has 26 heavy (non-hydrogen) atoms. The average molecular weight is 354 g/mol. The predicted octanol–water partition coefficient (Wildman–Crippen LogP) is 5.02. The Morgan fingerprint density at radius 1 is 1.04 bits per heavy atom. The molecule has 0 fully saturated rings. The maximum atomic E-state index is 10.7. The van der Waals surface area contributed by atoms with Gasteiger partial charge in [-0.05, 0) is 67.5 Å². The van der Waals surface area contributed by atoms with Crippen LogP contribution in [0.4, 0.5) is 0 Å². The molecule has 4 nitrogen and oxygen atoms in total. The lowest BCUT2D eigenvalue weighted by Gasteiger charge is -2.07. The van der Waals surface area contributed by atoms with E-state index in [-0.39, 0.29) is 6.42 Å². The van der Waals surface area contributed by atoms with Crippen LogP contribution in [0.5, 0.6) is 11.5 Å². The van der Waals surface area contributed by atoms with Crippen molar-refractivity contribution in [2.45, 2.75) is 38.5 Å². The Kier molecular flexibility index (Phi) is 8.27. The number of benzene rings is 2. The Balaban J connectivity index is 1.68. The number of para-hydroxylation sites is 1. The lowest BCUT2D eigenvalue weighted by Crippen LogP contribution is -1.99. The third kappa shape index (κ3) is 7.01. The summed E-state index contributed by atoms with van der Waals surface area (Å²) >= 11 is 0. The zero-order valence-electron chi connectivity index (χ0n) is 15.2. The van der Waals surface area contributed by atoms with Crippen molar-refractivity contribution in [3.63, 3.8) is 0 Å². The van der Waals surface area contributed by atoms with Crippen molar-refractivity contribution in [3.05, 3.63) is 72.0 Å². The van der Waals surface area contributed by atoms with Gasteiger partial charge in [0.2, 0.25) is 0 Å². The van der Waals surface area contributed by atoms with E-state index >= 15 is 0 Å². The molecule has 138 valence electrons. The zero-order chi connectivity index (χ0) is 18.6. The largest absolute Gasteiger partial charge is 0.497 e. The van der Waals surface area contributed by atoms with Gasteiger partial charge >= 0.3 is 5.97 Å². The van der Waals surface area contributed by atoms with Crippen molar-refractivity contribution in [3.8, 4) is 11.5 Å². The molecule has 0 aromatic heterocycles. The fourth-order valence-corrected chi connectivity index (χ4v) is 2.64. The van der Waals surface area contributed by atoms with Gasteiger partial charge in [0.15, 0.2) is 0 Å². The first-order valence-corrected chi connectivity index (χ1v) is 8.93. The van der Waals surface area contributed by atoms with Crippen molar-refractivity contribution in [2.75, 3.05) is 7.11 Å². The van der Waals surface area contributed by atoms with Crippen LogP contribution in [-0.2, 0) is 17.6 Å². The summed E-state index contributed by atoms with van der Waals surface area (Å²) in [6, 6.07) is 15.7. The van der Waals surface area contributed by atoms with Crippen molar-refractivity contribution in [2.24, 2.45) is 0 Å². The molecule has 2 rings (SSSR count). The van der Waals surface area contributed by atoms with E-state index in [0.717, 1.165) is 42.7 Å². The molecule has 0 amide bonds. The minimum absolute atomic E-state index is 0.107. The van der Waals surface area contributed by atoms with E-state index in [0.29, 0.717) is 6.42 Å². The summed E-state index contributed by atoms with van der Waals surface area (Å²) < 4.78 is 10.8. The van der Waals surface area contributed by atoms with Crippen molar-refractivity contribution in [1.29, 1.82) is 0 Å². The average Bonchev–Trinajstić information content (AvgIpc) is 2.66. The molecule has 0 saturated carbocycles. The molecule has 0 saturated heterocycles. The van der Waals surface area contributed by atoms with Crippen molar-refractivity contribution < 1.29 is 19.4 Å². The van der Waals surface area contributed by atoms with Crippen LogP contribution in [0, 0.1) is 0 Å².